The van der Waals surface area contributed by atoms with E-state index in [1.54, 1.807) is 6.07 Å². The van der Waals surface area contributed by atoms with Gasteiger partial charge in [-0.2, -0.15) is 0 Å². The Morgan fingerprint density at radius 2 is 2.00 bits per heavy atom. The number of ketones is 1. The van der Waals surface area contributed by atoms with Gasteiger partial charge in [-0.3, -0.25) is 14.9 Å². The molecule has 3 rings (SSSR count). The van der Waals surface area contributed by atoms with Crippen molar-refractivity contribution in [1.82, 2.24) is 0 Å². The van der Waals surface area contributed by atoms with Crippen LogP contribution in [0.25, 0.3) is 0 Å². The molecular formula is C15H17NO6. The molecule has 1 saturated heterocycles. The van der Waals surface area contributed by atoms with Crippen molar-refractivity contribution in [2.24, 2.45) is 5.92 Å². The summed E-state index contributed by atoms with van der Waals surface area (Å²) < 4.78 is 11.2. The summed E-state index contributed by atoms with van der Waals surface area (Å²) >= 11 is 0. The van der Waals surface area contributed by atoms with Crippen LogP contribution in [-0.2, 0) is 14.3 Å². The first-order chi connectivity index (χ1) is 10.5. The molecule has 1 spiro atoms. The lowest BCUT2D eigenvalue weighted by atomic mass is 9.78. The van der Waals surface area contributed by atoms with Crippen molar-refractivity contribution in [2.75, 3.05) is 13.2 Å². The van der Waals surface area contributed by atoms with Gasteiger partial charge in [0, 0.05) is 25.3 Å². The molecule has 118 valence electrons. The Morgan fingerprint density at radius 3 is 2.68 bits per heavy atom. The number of benzene rings is 1. The lowest BCUT2D eigenvalue weighted by Crippen LogP contribution is -2.42. The van der Waals surface area contributed by atoms with E-state index in [9.17, 15) is 20.0 Å². The van der Waals surface area contributed by atoms with Crippen LogP contribution in [-0.4, -0.2) is 34.8 Å². The van der Waals surface area contributed by atoms with Crippen LogP contribution in [0.2, 0.25) is 0 Å². The molecule has 0 radical (unpaired) electrons. The number of rotatable bonds is 3. The summed E-state index contributed by atoms with van der Waals surface area (Å²) in [5, 5.41) is 21.7. The summed E-state index contributed by atoms with van der Waals surface area (Å²) in [6.07, 6.45) is -0.313. The summed E-state index contributed by atoms with van der Waals surface area (Å²) in [7, 11) is 0. The van der Waals surface area contributed by atoms with Crippen molar-refractivity contribution in [3.05, 3.63) is 39.9 Å². The molecule has 0 aromatic heterocycles. The van der Waals surface area contributed by atoms with Gasteiger partial charge in [0.05, 0.1) is 35.7 Å². The molecule has 7 heteroatoms. The topological polar surface area (TPSA) is 98.9 Å². The summed E-state index contributed by atoms with van der Waals surface area (Å²) in [6, 6.07) is 5.94. The van der Waals surface area contributed by atoms with Crippen LogP contribution < -0.4 is 0 Å². The highest BCUT2D eigenvalue weighted by Gasteiger charge is 2.47. The van der Waals surface area contributed by atoms with E-state index >= 15 is 0 Å². The molecule has 0 unspecified atom stereocenters. The van der Waals surface area contributed by atoms with Crippen molar-refractivity contribution in [3.63, 3.8) is 0 Å². The van der Waals surface area contributed by atoms with Crippen LogP contribution in [0.5, 0.6) is 0 Å². The number of nitro groups is 1. The molecule has 2 aliphatic rings. The number of hydrogen-bond donors (Lipinski definition) is 1. The number of hydrogen-bond acceptors (Lipinski definition) is 6. The SMILES string of the molecule is O=C1CCC2(C[C@H]1[C@H](O)c1ccccc1[N+](=O)[O-])OCCO2. The maximum atomic E-state index is 12.2. The lowest BCUT2D eigenvalue weighted by molar-refractivity contribution is -0.386. The predicted molar refractivity (Wildman–Crippen MR) is 75.0 cm³/mol. The third kappa shape index (κ3) is 2.63. The molecule has 0 amide bonds. The number of nitro benzene ring substituents is 1. The second-order valence-electron chi connectivity index (χ2n) is 5.65. The lowest BCUT2D eigenvalue weighted by Gasteiger charge is -2.37. The molecule has 7 nitrogen and oxygen atoms in total. The molecule has 1 aliphatic carbocycles. The van der Waals surface area contributed by atoms with Gasteiger partial charge >= 0.3 is 0 Å². The van der Waals surface area contributed by atoms with Gasteiger partial charge in [-0.15, -0.1) is 0 Å². The van der Waals surface area contributed by atoms with Gasteiger partial charge < -0.3 is 14.6 Å². The minimum atomic E-state index is -1.24. The molecule has 0 bridgehead atoms. The van der Waals surface area contributed by atoms with Crippen LogP contribution >= 0.6 is 0 Å². The second-order valence-corrected chi connectivity index (χ2v) is 5.65. The molecule has 1 aliphatic heterocycles. The zero-order chi connectivity index (χ0) is 15.7. The van der Waals surface area contributed by atoms with Gasteiger partial charge in [-0.25, -0.2) is 0 Å². The normalized spacial score (nSPS) is 25.3. The van der Waals surface area contributed by atoms with Crippen LogP contribution in [0.15, 0.2) is 24.3 Å². The van der Waals surface area contributed by atoms with Crippen molar-refractivity contribution in [1.29, 1.82) is 0 Å². The Labute approximate surface area is 127 Å². The van der Waals surface area contributed by atoms with E-state index < -0.39 is 22.7 Å². The number of para-hydroxylation sites is 1. The molecule has 1 saturated carbocycles. The van der Waals surface area contributed by atoms with E-state index in [4.69, 9.17) is 9.47 Å². The highest BCUT2D eigenvalue weighted by Crippen LogP contribution is 2.43. The number of aliphatic hydroxyl groups excluding tert-OH is 1. The van der Waals surface area contributed by atoms with E-state index in [0.29, 0.717) is 19.6 Å². The van der Waals surface area contributed by atoms with E-state index in [-0.39, 0.29) is 29.9 Å². The Balaban J connectivity index is 1.88. The fourth-order valence-corrected chi connectivity index (χ4v) is 3.22. The molecule has 1 aromatic carbocycles. The Hall–Kier alpha value is -1.83. The van der Waals surface area contributed by atoms with Gasteiger partial charge in [-0.05, 0) is 6.07 Å². The first-order valence-corrected chi connectivity index (χ1v) is 7.24. The molecule has 22 heavy (non-hydrogen) atoms. The highest BCUT2D eigenvalue weighted by atomic mass is 16.7. The zero-order valence-electron chi connectivity index (χ0n) is 11.9. The summed E-state index contributed by atoms with van der Waals surface area (Å²) in [6.45, 7) is 0.922. The standard InChI is InChI=1S/C15H17NO6/c17-13-5-6-15(21-7-8-22-15)9-11(13)14(18)10-3-1-2-4-12(10)16(19)20/h1-4,11,14,18H,5-9H2/t11-,14-/m1/s1. The Morgan fingerprint density at radius 1 is 1.32 bits per heavy atom. The Bertz CT molecular complexity index is 595. The van der Waals surface area contributed by atoms with Crippen LogP contribution in [0.1, 0.15) is 30.9 Å². The van der Waals surface area contributed by atoms with E-state index in [2.05, 4.69) is 0 Å². The number of Topliss-reactive ketones (excluding diaryl/α,β-unsaturated/α-hetero) is 1. The van der Waals surface area contributed by atoms with Gasteiger partial charge in [0.1, 0.15) is 5.78 Å². The molecule has 2 fully saturated rings. The number of nitrogens with zero attached hydrogens (tertiary/aromatic N) is 1. The number of carbonyl (C=O) groups excluding carboxylic acids is 1. The zero-order valence-corrected chi connectivity index (χ0v) is 11.9. The van der Waals surface area contributed by atoms with Crippen molar-refractivity contribution in [3.8, 4) is 0 Å². The minimum absolute atomic E-state index is 0.115. The van der Waals surface area contributed by atoms with Crippen molar-refractivity contribution in [2.45, 2.75) is 31.2 Å². The van der Waals surface area contributed by atoms with Gasteiger partial charge in [-0.1, -0.05) is 12.1 Å². The monoisotopic (exact) mass is 307 g/mol. The van der Waals surface area contributed by atoms with Gasteiger partial charge in [0.15, 0.2) is 5.79 Å². The highest BCUT2D eigenvalue weighted by molar-refractivity contribution is 5.83. The first kappa shape index (κ1) is 15.1. The average Bonchev–Trinajstić information content (AvgIpc) is 2.97. The maximum Gasteiger partial charge on any atom is 0.275 e. The van der Waals surface area contributed by atoms with E-state index in [0.717, 1.165) is 0 Å². The van der Waals surface area contributed by atoms with E-state index in [1.165, 1.54) is 18.2 Å². The molecular weight excluding hydrogens is 290 g/mol. The average molecular weight is 307 g/mol. The molecule has 1 aromatic rings. The fourth-order valence-electron chi connectivity index (χ4n) is 3.22. The number of ether oxygens (including phenoxy) is 2. The third-order valence-corrected chi connectivity index (χ3v) is 4.34. The van der Waals surface area contributed by atoms with Gasteiger partial charge in [0.2, 0.25) is 0 Å². The fraction of sp³-hybridized carbons (Fsp3) is 0.533. The van der Waals surface area contributed by atoms with Crippen LogP contribution in [0.4, 0.5) is 5.69 Å². The van der Waals surface area contributed by atoms with Crippen LogP contribution in [0, 0.1) is 16.0 Å². The van der Waals surface area contributed by atoms with Crippen LogP contribution in [0.3, 0.4) is 0 Å². The number of aliphatic hydroxyl groups is 1. The first-order valence-electron chi connectivity index (χ1n) is 7.24. The van der Waals surface area contributed by atoms with E-state index in [1.807, 2.05) is 0 Å². The Kier molecular flexibility index (Phi) is 3.94. The quantitative estimate of drug-likeness (QED) is 0.674. The van der Waals surface area contributed by atoms with Gasteiger partial charge in [0.25, 0.3) is 5.69 Å². The largest absolute Gasteiger partial charge is 0.387 e. The smallest absolute Gasteiger partial charge is 0.275 e. The minimum Gasteiger partial charge on any atom is -0.387 e. The molecule has 1 heterocycles. The van der Waals surface area contributed by atoms with Crippen molar-refractivity contribution < 1.29 is 24.3 Å². The molecule has 1 N–H and O–H groups in total. The number of carbonyl (C=O) groups is 1. The third-order valence-electron chi connectivity index (χ3n) is 4.34. The predicted octanol–water partition coefficient (Wildman–Crippen LogP) is 1.74. The summed E-state index contributed by atoms with van der Waals surface area (Å²) in [5.74, 6) is -1.70. The molecule has 2 atom stereocenters. The van der Waals surface area contributed by atoms with Crippen molar-refractivity contribution >= 4 is 11.5 Å². The maximum absolute atomic E-state index is 12.2. The second kappa shape index (κ2) is 5.75. The summed E-state index contributed by atoms with van der Waals surface area (Å²) in [5.41, 5.74) is -0.0309. The summed E-state index contributed by atoms with van der Waals surface area (Å²) in [4.78, 5) is 22.7.